The Hall–Kier alpha value is -1.88. The fourth-order valence-corrected chi connectivity index (χ4v) is 3.29. The van der Waals surface area contributed by atoms with Gasteiger partial charge >= 0.3 is 0 Å². The molecular weight excluding hydrogens is 292 g/mol. The highest BCUT2D eigenvalue weighted by molar-refractivity contribution is 5.87. The van der Waals surface area contributed by atoms with Crippen molar-refractivity contribution in [1.82, 2.24) is 10.6 Å². The summed E-state index contributed by atoms with van der Waals surface area (Å²) in [5.41, 5.74) is 1.80. The normalized spacial score (nSPS) is 17.5. The zero-order chi connectivity index (χ0) is 16.8. The number of aryl methyl sites for hydroxylation is 1. The molecule has 1 saturated carbocycles. The van der Waals surface area contributed by atoms with Gasteiger partial charge in [0.25, 0.3) is 0 Å². The van der Waals surface area contributed by atoms with E-state index in [2.05, 4.69) is 10.6 Å². The molecule has 2 amide bonds. The Balaban J connectivity index is 1.95. The van der Waals surface area contributed by atoms with Crippen LogP contribution in [0.15, 0.2) is 24.3 Å². The van der Waals surface area contributed by atoms with Gasteiger partial charge in [-0.05, 0) is 36.8 Å². The second kappa shape index (κ2) is 8.11. The smallest absolute Gasteiger partial charge is 0.242 e. The summed E-state index contributed by atoms with van der Waals surface area (Å²) in [4.78, 5) is 23.8. The van der Waals surface area contributed by atoms with Gasteiger partial charge in [0.2, 0.25) is 11.8 Å². The van der Waals surface area contributed by atoms with E-state index in [1.165, 1.54) is 6.92 Å². The Morgan fingerprint density at radius 1 is 1.26 bits per heavy atom. The molecule has 126 valence electrons. The molecule has 0 bridgehead atoms. The van der Waals surface area contributed by atoms with Crippen molar-refractivity contribution in [3.8, 4) is 0 Å². The molecule has 0 unspecified atom stereocenters. The molecule has 0 heterocycles. The number of hydrogen-bond donors (Lipinski definition) is 3. The van der Waals surface area contributed by atoms with Crippen molar-refractivity contribution in [3.05, 3.63) is 35.4 Å². The minimum absolute atomic E-state index is 0.145. The lowest BCUT2D eigenvalue weighted by molar-refractivity contribution is -0.129. The summed E-state index contributed by atoms with van der Waals surface area (Å²) in [5, 5.41) is 15.8. The van der Waals surface area contributed by atoms with Crippen LogP contribution in [0.5, 0.6) is 0 Å². The molecule has 1 aliphatic carbocycles. The Morgan fingerprint density at radius 2 is 1.91 bits per heavy atom. The van der Waals surface area contributed by atoms with Crippen molar-refractivity contribution in [2.45, 2.75) is 51.7 Å². The largest absolute Gasteiger partial charge is 0.387 e. The van der Waals surface area contributed by atoms with E-state index in [-0.39, 0.29) is 24.3 Å². The molecule has 0 radical (unpaired) electrons. The number of carbonyl (C=O) groups is 2. The van der Waals surface area contributed by atoms with Crippen LogP contribution in [0.1, 0.15) is 49.8 Å². The van der Waals surface area contributed by atoms with Crippen molar-refractivity contribution in [1.29, 1.82) is 0 Å². The summed E-state index contributed by atoms with van der Waals surface area (Å²) in [7, 11) is 0. The van der Waals surface area contributed by atoms with Crippen LogP contribution in [0.2, 0.25) is 0 Å². The number of benzene rings is 1. The third-order valence-corrected chi connectivity index (χ3v) is 4.53. The fraction of sp³-hybridized carbons (Fsp3) is 0.556. The predicted molar refractivity (Wildman–Crippen MR) is 88.7 cm³/mol. The van der Waals surface area contributed by atoms with Gasteiger partial charge in [0.15, 0.2) is 0 Å². The lowest BCUT2D eigenvalue weighted by Crippen LogP contribution is -2.50. The van der Waals surface area contributed by atoms with Gasteiger partial charge in [-0.25, -0.2) is 0 Å². The van der Waals surface area contributed by atoms with Crippen LogP contribution in [-0.4, -0.2) is 29.5 Å². The summed E-state index contributed by atoms with van der Waals surface area (Å²) < 4.78 is 0. The van der Waals surface area contributed by atoms with E-state index in [1.807, 2.05) is 31.2 Å². The number of rotatable bonds is 6. The first-order valence-electron chi connectivity index (χ1n) is 8.27. The molecule has 0 aromatic heterocycles. The topological polar surface area (TPSA) is 78.4 Å². The Kier molecular flexibility index (Phi) is 6.16. The Bertz CT molecular complexity index is 553. The van der Waals surface area contributed by atoms with Crippen molar-refractivity contribution >= 4 is 11.8 Å². The summed E-state index contributed by atoms with van der Waals surface area (Å²) in [6.45, 7) is 3.50. The van der Waals surface area contributed by atoms with Gasteiger partial charge in [-0.1, -0.05) is 37.1 Å². The Labute approximate surface area is 137 Å². The van der Waals surface area contributed by atoms with E-state index in [0.29, 0.717) is 0 Å². The summed E-state index contributed by atoms with van der Waals surface area (Å²) >= 11 is 0. The molecule has 0 saturated heterocycles. The molecular formula is C18H26N2O3. The van der Waals surface area contributed by atoms with Gasteiger partial charge < -0.3 is 15.7 Å². The van der Waals surface area contributed by atoms with Gasteiger partial charge in [0.05, 0.1) is 6.10 Å². The molecule has 1 aromatic rings. The van der Waals surface area contributed by atoms with E-state index in [1.54, 1.807) is 0 Å². The second-order valence-electron chi connectivity index (χ2n) is 6.34. The zero-order valence-corrected chi connectivity index (χ0v) is 13.8. The number of hydrogen-bond acceptors (Lipinski definition) is 3. The predicted octanol–water partition coefficient (Wildman–Crippen LogP) is 1.84. The van der Waals surface area contributed by atoms with Crippen molar-refractivity contribution in [2.75, 3.05) is 6.54 Å². The number of carbonyl (C=O) groups excluding carboxylic acids is 2. The van der Waals surface area contributed by atoms with Crippen molar-refractivity contribution < 1.29 is 14.7 Å². The van der Waals surface area contributed by atoms with E-state index >= 15 is 0 Å². The summed E-state index contributed by atoms with van der Waals surface area (Å²) in [6, 6.07) is 7.07. The quantitative estimate of drug-likeness (QED) is 0.749. The van der Waals surface area contributed by atoms with Crippen LogP contribution in [0.25, 0.3) is 0 Å². The molecule has 23 heavy (non-hydrogen) atoms. The maximum absolute atomic E-state index is 12.4. The first-order valence-corrected chi connectivity index (χ1v) is 8.27. The number of amides is 2. The molecule has 1 aliphatic rings. The monoisotopic (exact) mass is 318 g/mol. The van der Waals surface area contributed by atoms with Gasteiger partial charge in [-0.3, -0.25) is 9.59 Å². The van der Waals surface area contributed by atoms with Crippen molar-refractivity contribution in [3.63, 3.8) is 0 Å². The van der Waals surface area contributed by atoms with Gasteiger partial charge in [-0.15, -0.1) is 0 Å². The maximum atomic E-state index is 12.4. The molecule has 2 rings (SSSR count). The standard InChI is InChI=1S/C18H26N2O3/c1-12-7-3-6-10-15(12)16(22)11-19-18(23)17(20-13(2)21)14-8-4-5-9-14/h3,6-7,10,14,16-17,22H,4-5,8-9,11H2,1-2H3,(H,19,23)(H,20,21)/t16-,17-/m1/s1. The molecule has 5 heteroatoms. The van der Waals surface area contributed by atoms with Gasteiger partial charge in [0.1, 0.15) is 6.04 Å². The second-order valence-corrected chi connectivity index (χ2v) is 6.34. The van der Waals surface area contributed by atoms with Crippen molar-refractivity contribution in [2.24, 2.45) is 5.92 Å². The van der Waals surface area contributed by atoms with Crippen LogP contribution in [0.3, 0.4) is 0 Å². The Morgan fingerprint density at radius 3 is 2.52 bits per heavy atom. The van der Waals surface area contributed by atoms with Gasteiger partial charge in [-0.2, -0.15) is 0 Å². The summed E-state index contributed by atoms with van der Waals surface area (Å²) in [6.07, 6.45) is 3.36. The molecule has 1 aromatic carbocycles. The maximum Gasteiger partial charge on any atom is 0.242 e. The van der Waals surface area contributed by atoms with Crippen LogP contribution in [-0.2, 0) is 9.59 Å². The number of aliphatic hydroxyl groups excluding tert-OH is 1. The molecule has 2 atom stereocenters. The minimum Gasteiger partial charge on any atom is -0.387 e. The zero-order valence-electron chi connectivity index (χ0n) is 13.8. The highest BCUT2D eigenvalue weighted by Crippen LogP contribution is 2.28. The van der Waals surface area contributed by atoms with E-state index in [9.17, 15) is 14.7 Å². The molecule has 0 spiro atoms. The molecule has 5 nitrogen and oxygen atoms in total. The minimum atomic E-state index is -0.748. The average Bonchev–Trinajstić information content (AvgIpc) is 3.04. The fourth-order valence-electron chi connectivity index (χ4n) is 3.29. The first kappa shape index (κ1) is 17.5. The van der Waals surface area contributed by atoms with Crippen LogP contribution in [0, 0.1) is 12.8 Å². The molecule has 1 fully saturated rings. The van der Waals surface area contributed by atoms with Gasteiger partial charge in [0, 0.05) is 13.5 Å². The van der Waals surface area contributed by atoms with E-state index in [0.717, 1.165) is 36.8 Å². The lowest BCUT2D eigenvalue weighted by Gasteiger charge is -2.24. The first-order chi connectivity index (χ1) is 11.0. The lowest BCUT2D eigenvalue weighted by atomic mass is 9.97. The molecule has 0 aliphatic heterocycles. The number of aliphatic hydroxyl groups is 1. The highest BCUT2D eigenvalue weighted by atomic mass is 16.3. The van der Waals surface area contributed by atoms with E-state index < -0.39 is 12.1 Å². The SMILES string of the molecule is CC(=O)N[C@@H](C(=O)NC[C@@H](O)c1ccccc1C)C1CCCC1. The van der Waals surface area contributed by atoms with Crippen LogP contribution >= 0.6 is 0 Å². The number of nitrogens with one attached hydrogen (secondary N) is 2. The third-order valence-electron chi connectivity index (χ3n) is 4.53. The molecule has 3 N–H and O–H groups in total. The summed E-state index contributed by atoms with van der Waals surface area (Å²) in [5.74, 6) is -0.217. The van der Waals surface area contributed by atoms with Crippen LogP contribution in [0.4, 0.5) is 0 Å². The van der Waals surface area contributed by atoms with E-state index in [4.69, 9.17) is 0 Å². The highest BCUT2D eigenvalue weighted by Gasteiger charge is 2.31. The average molecular weight is 318 g/mol. The van der Waals surface area contributed by atoms with Crippen LogP contribution < -0.4 is 10.6 Å². The third kappa shape index (κ3) is 4.79.